The fourth-order valence-electron chi connectivity index (χ4n) is 1.59. The fraction of sp³-hybridized carbons (Fsp3) is 0.571. The maximum absolute atomic E-state index is 13.7. The predicted octanol–water partition coefficient (Wildman–Crippen LogP) is 2.40. The quantitative estimate of drug-likeness (QED) is 0.735. The number of hydrogen-bond acceptors (Lipinski definition) is 3. The number of benzene rings is 1. The molecular formula is C14H22F2N2O. The van der Waals surface area contributed by atoms with Gasteiger partial charge in [0.25, 0.3) is 0 Å². The monoisotopic (exact) mass is 272 g/mol. The van der Waals surface area contributed by atoms with Crippen molar-refractivity contribution in [2.75, 3.05) is 33.8 Å². The Morgan fingerprint density at radius 2 is 1.84 bits per heavy atom. The zero-order chi connectivity index (χ0) is 14.3. The van der Waals surface area contributed by atoms with E-state index in [2.05, 4.69) is 5.32 Å². The SMILES string of the molecule is CCCNCc1cc(F)c(OCCN(C)C)c(F)c1. The molecule has 0 heterocycles. The molecule has 1 aromatic rings. The molecule has 0 spiro atoms. The summed E-state index contributed by atoms with van der Waals surface area (Å²) < 4.78 is 32.6. The Morgan fingerprint density at radius 3 is 2.37 bits per heavy atom. The molecule has 0 unspecified atom stereocenters. The highest BCUT2D eigenvalue weighted by Crippen LogP contribution is 2.23. The summed E-state index contributed by atoms with van der Waals surface area (Å²) in [4.78, 5) is 1.89. The van der Waals surface area contributed by atoms with Crippen molar-refractivity contribution in [1.29, 1.82) is 0 Å². The lowest BCUT2D eigenvalue weighted by Gasteiger charge is -2.13. The van der Waals surface area contributed by atoms with Crippen molar-refractivity contribution in [3.05, 3.63) is 29.3 Å². The van der Waals surface area contributed by atoms with E-state index < -0.39 is 11.6 Å². The molecule has 0 aliphatic carbocycles. The van der Waals surface area contributed by atoms with Gasteiger partial charge >= 0.3 is 0 Å². The van der Waals surface area contributed by atoms with Crippen molar-refractivity contribution < 1.29 is 13.5 Å². The third-order valence-corrected chi connectivity index (χ3v) is 2.60. The molecule has 1 aromatic carbocycles. The molecule has 5 heteroatoms. The fourth-order valence-corrected chi connectivity index (χ4v) is 1.59. The Bertz CT molecular complexity index is 374. The van der Waals surface area contributed by atoms with Crippen molar-refractivity contribution >= 4 is 0 Å². The number of ether oxygens (including phenoxy) is 1. The van der Waals surface area contributed by atoms with Crippen LogP contribution in [0.5, 0.6) is 5.75 Å². The Morgan fingerprint density at radius 1 is 1.21 bits per heavy atom. The van der Waals surface area contributed by atoms with Gasteiger partial charge in [-0.25, -0.2) is 8.78 Å². The van der Waals surface area contributed by atoms with E-state index in [-0.39, 0.29) is 12.4 Å². The first-order chi connectivity index (χ1) is 9.04. The molecule has 0 fully saturated rings. The van der Waals surface area contributed by atoms with Gasteiger partial charge in [-0.05, 0) is 44.8 Å². The van der Waals surface area contributed by atoms with Crippen molar-refractivity contribution in [3.8, 4) is 5.75 Å². The molecule has 0 aliphatic heterocycles. The Balaban J connectivity index is 2.63. The minimum Gasteiger partial charge on any atom is -0.486 e. The molecule has 0 atom stereocenters. The van der Waals surface area contributed by atoms with Gasteiger partial charge in [-0.3, -0.25) is 0 Å². The first-order valence-electron chi connectivity index (χ1n) is 6.50. The topological polar surface area (TPSA) is 24.5 Å². The maximum Gasteiger partial charge on any atom is 0.190 e. The van der Waals surface area contributed by atoms with Crippen LogP contribution in [0.15, 0.2) is 12.1 Å². The number of rotatable bonds is 8. The minimum atomic E-state index is -0.646. The van der Waals surface area contributed by atoms with Gasteiger partial charge < -0.3 is 15.0 Å². The second kappa shape index (κ2) is 8.07. The third-order valence-electron chi connectivity index (χ3n) is 2.60. The summed E-state index contributed by atoms with van der Waals surface area (Å²) in [5, 5.41) is 3.10. The van der Waals surface area contributed by atoms with Crippen molar-refractivity contribution in [2.45, 2.75) is 19.9 Å². The third kappa shape index (κ3) is 5.53. The average Bonchev–Trinajstić information content (AvgIpc) is 2.32. The summed E-state index contributed by atoms with van der Waals surface area (Å²) in [6, 6.07) is 2.63. The highest BCUT2D eigenvalue weighted by Gasteiger charge is 2.12. The normalized spacial score (nSPS) is 11.1. The highest BCUT2D eigenvalue weighted by molar-refractivity contribution is 5.31. The molecule has 0 bridgehead atoms. The lowest BCUT2D eigenvalue weighted by Crippen LogP contribution is -2.20. The molecule has 0 saturated carbocycles. The summed E-state index contributed by atoms with van der Waals surface area (Å²) in [6.45, 7) is 4.19. The van der Waals surface area contributed by atoms with E-state index in [1.807, 2.05) is 25.9 Å². The number of nitrogens with zero attached hydrogens (tertiary/aromatic N) is 1. The van der Waals surface area contributed by atoms with E-state index in [1.54, 1.807) is 0 Å². The molecule has 0 aromatic heterocycles. The largest absolute Gasteiger partial charge is 0.486 e. The molecule has 108 valence electrons. The van der Waals surface area contributed by atoms with Crippen LogP contribution in [-0.4, -0.2) is 38.7 Å². The zero-order valence-electron chi connectivity index (χ0n) is 11.8. The number of halogens is 2. The van der Waals surface area contributed by atoms with E-state index in [4.69, 9.17) is 4.74 Å². The van der Waals surface area contributed by atoms with Crippen LogP contribution >= 0.6 is 0 Å². The molecule has 0 aliphatic rings. The van der Waals surface area contributed by atoms with Crippen LogP contribution in [0.1, 0.15) is 18.9 Å². The lowest BCUT2D eigenvalue weighted by atomic mass is 10.2. The zero-order valence-corrected chi connectivity index (χ0v) is 11.8. The molecular weight excluding hydrogens is 250 g/mol. The van der Waals surface area contributed by atoms with Crippen LogP contribution in [-0.2, 0) is 6.54 Å². The van der Waals surface area contributed by atoms with Crippen LogP contribution in [0.2, 0.25) is 0 Å². The van der Waals surface area contributed by atoms with Gasteiger partial charge in [0.05, 0.1) is 0 Å². The first kappa shape index (κ1) is 15.9. The van der Waals surface area contributed by atoms with E-state index in [0.29, 0.717) is 18.7 Å². The van der Waals surface area contributed by atoms with Crippen molar-refractivity contribution in [1.82, 2.24) is 10.2 Å². The van der Waals surface area contributed by atoms with Gasteiger partial charge in [0, 0.05) is 13.1 Å². The first-order valence-corrected chi connectivity index (χ1v) is 6.50. The summed E-state index contributed by atoms with van der Waals surface area (Å²) in [6.07, 6.45) is 0.983. The molecule has 0 saturated heterocycles. The minimum absolute atomic E-state index is 0.258. The standard InChI is InChI=1S/C14H22F2N2O/c1-4-5-17-10-11-8-12(15)14(13(16)9-11)19-7-6-18(2)3/h8-9,17H,4-7,10H2,1-3H3. The van der Waals surface area contributed by atoms with Crippen LogP contribution in [0.3, 0.4) is 0 Å². The molecule has 0 radical (unpaired) electrons. The summed E-state index contributed by atoms with van der Waals surface area (Å²) in [5.41, 5.74) is 0.586. The summed E-state index contributed by atoms with van der Waals surface area (Å²) >= 11 is 0. The second-order valence-electron chi connectivity index (χ2n) is 4.72. The average molecular weight is 272 g/mol. The van der Waals surface area contributed by atoms with Gasteiger partial charge in [-0.15, -0.1) is 0 Å². The Labute approximate surface area is 113 Å². The van der Waals surface area contributed by atoms with E-state index in [9.17, 15) is 8.78 Å². The van der Waals surface area contributed by atoms with E-state index in [1.165, 1.54) is 12.1 Å². The molecule has 1 rings (SSSR count). The molecule has 0 amide bonds. The number of nitrogens with one attached hydrogen (secondary N) is 1. The van der Waals surface area contributed by atoms with Gasteiger partial charge in [0.1, 0.15) is 6.61 Å². The number of hydrogen-bond donors (Lipinski definition) is 1. The summed E-state index contributed by atoms with van der Waals surface area (Å²) in [5.74, 6) is -1.58. The van der Waals surface area contributed by atoms with Crippen LogP contribution in [0.4, 0.5) is 8.78 Å². The van der Waals surface area contributed by atoms with Gasteiger partial charge in [-0.2, -0.15) is 0 Å². The Hall–Kier alpha value is -1.20. The molecule has 3 nitrogen and oxygen atoms in total. The van der Waals surface area contributed by atoms with Crippen LogP contribution < -0.4 is 10.1 Å². The molecule has 19 heavy (non-hydrogen) atoms. The predicted molar refractivity (Wildman–Crippen MR) is 72.4 cm³/mol. The second-order valence-corrected chi connectivity index (χ2v) is 4.72. The summed E-state index contributed by atoms with van der Waals surface area (Å²) in [7, 11) is 3.75. The van der Waals surface area contributed by atoms with Crippen molar-refractivity contribution in [3.63, 3.8) is 0 Å². The van der Waals surface area contributed by atoms with Crippen molar-refractivity contribution in [2.24, 2.45) is 0 Å². The van der Waals surface area contributed by atoms with Gasteiger partial charge in [0.15, 0.2) is 17.4 Å². The van der Waals surface area contributed by atoms with Gasteiger partial charge in [0.2, 0.25) is 0 Å². The van der Waals surface area contributed by atoms with E-state index >= 15 is 0 Å². The van der Waals surface area contributed by atoms with E-state index in [0.717, 1.165) is 13.0 Å². The Kier molecular flexibility index (Phi) is 6.73. The smallest absolute Gasteiger partial charge is 0.190 e. The van der Waals surface area contributed by atoms with Gasteiger partial charge in [-0.1, -0.05) is 6.92 Å². The van der Waals surface area contributed by atoms with Crippen LogP contribution in [0, 0.1) is 11.6 Å². The molecule has 1 N–H and O–H groups in total. The maximum atomic E-state index is 13.7. The lowest BCUT2D eigenvalue weighted by molar-refractivity contribution is 0.242. The highest BCUT2D eigenvalue weighted by atomic mass is 19.1. The van der Waals surface area contributed by atoms with Crippen LogP contribution in [0.25, 0.3) is 0 Å². The number of likely N-dealkylation sites (N-methyl/N-ethyl adjacent to an activating group) is 1.